The molecule has 20 heavy (non-hydrogen) atoms. The molecule has 0 bridgehead atoms. The Bertz CT molecular complexity index is 492. The number of hydrogen-bond donors (Lipinski definition) is 1. The molecule has 0 saturated heterocycles. The van der Waals surface area contributed by atoms with Crippen LogP contribution in [0.25, 0.3) is 0 Å². The van der Waals surface area contributed by atoms with Crippen molar-refractivity contribution in [2.45, 2.75) is 39.3 Å². The molecule has 0 heterocycles. The number of rotatable bonds is 7. The molecule has 3 nitrogen and oxygen atoms in total. The maximum atomic E-state index is 5.70. The zero-order valence-electron chi connectivity index (χ0n) is 12.5. The standard InChI is InChI=1S/C16H22BrNO2/c1-6-8-20-15-13(17)9-12(10-14(15)19-5)11-18-16(3,4)7-2/h2,9-10,18H,6,8,11H2,1,3-5H3. The Hall–Kier alpha value is -1.18. The van der Waals surface area contributed by atoms with Crippen LogP contribution in [0.5, 0.6) is 11.5 Å². The van der Waals surface area contributed by atoms with E-state index >= 15 is 0 Å². The van der Waals surface area contributed by atoms with Crippen LogP contribution < -0.4 is 14.8 Å². The Labute approximate surface area is 130 Å². The van der Waals surface area contributed by atoms with Crippen LogP contribution in [0.4, 0.5) is 0 Å². The fourth-order valence-corrected chi connectivity index (χ4v) is 2.20. The first-order chi connectivity index (χ1) is 9.43. The maximum Gasteiger partial charge on any atom is 0.175 e. The van der Waals surface area contributed by atoms with Gasteiger partial charge in [-0.3, -0.25) is 5.32 Å². The Morgan fingerprint density at radius 2 is 2.10 bits per heavy atom. The SMILES string of the molecule is C#CC(C)(C)NCc1cc(Br)c(OCCC)c(OC)c1. The first kappa shape index (κ1) is 16.9. The number of nitrogens with one attached hydrogen (secondary N) is 1. The van der Waals surface area contributed by atoms with Crippen molar-refractivity contribution in [1.29, 1.82) is 0 Å². The summed E-state index contributed by atoms with van der Waals surface area (Å²) in [6, 6.07) is 3.99. The van der Waals surface area contributed by atoms with Crippen molar-refractivity contribution < 1.29 is 9.47 Å². The second-order valence-electron chi connectivity index (χ2n) is 5.08. The lowest BCUT2D eigenvalue weighted by molar-refractivity contribution is 0.292. The molecule has 0 radical (unpaired) electrons. The van der Waals surface area contributed by atoms with Gasteiger partial charge in [-0.1, -0.05) is 12.8 Å². The van der Waals surface area contributed by atoms with Crippen molar-refractivity contribution in [3.8, 4) is 23.8 Å². The molecule has 1 N–H and O–H groups in total. The normalized spacial score (nSPS) is 11.0. The minimum absolute atomic E-state index is 0.336. The molecule has 1 rings (SSSR count). The molecule has 0 saturated carbocycles. The van der Waals surface area contributed by atoms with Crippen LogP contribution in [0.1, 0.15) is 32.8 Å². The average molecular weight is 340 g/mol. The first-order valence-electron chi connectivity index (χ1n) is 6.65. The molecular formula is C16H22BrNO2. The Morgan fingerprint density at radius 3 is 2.65 bits per heavy atom. The van der Waals surface area contributed by atoms with Crippen LogP contribution in [-0.4, -0.2) is 19.3 Å². The minimum Gasteiger partial charge on any atom is -0.493 e. The molecule has 0 aliphatic heterocycles. The summed E-state index contributed by atoms with van der Waals surface area (Å²) in [6.45, 7) is 7.34. The third kappa shape index (κ3) is 4.73. The smallest absolute Gasteiger partial charge is 0.175 e. The summed E-state index contributed by atoms with van der Waals surface area (Å²) in [4.78, 5) is 0. The maximum absolute atomic E-state index is 5.70. The third-order valence-electron chi connectivity index (χ3n) is 2.84. The Morgan fingerprint density at radius 1 is 1.40 bits per heavy atom. The first-order valence-corrected chi connectivity index (χ1v) is 7.44. The van der Waals surface area contributed by atoms with Crippen molar-refractivity contribution in [2.24, 2.45) is 0 Å². The van der Waals surface area contributed by atoms with Gasteiger partial charge in [0.05, 0.1) is 23.7 Å². The summed E-state index contributed by atoms with van der Waals surface area (Å²) in [6.07, 6.45) is 6.42. The van der Waals surface area contributed by atoms with Crippen molar-refractivity contribution in [3.63, 3.8) is 0 Å². The molecule has 110 valence electrons. The number of ether oxygens (including phenoxy) is 2. The molecule has 0 aliphatic rings. The van der Waals surface area contributed by atoms with Gasteiger partial charge in [-0.2, -0.15) is 0 Å². The van der Waals surface area contributed by atoms with E-state index in [0.717, 1.165) is 28.0 Å². The fourth-order valence-electron chi connectivity index (χ4n) is 1.59. The zero-order valence-corrected chi connectivity index (χ0v) is 14.1. The highest BCUT2D eigenvalue weighted by molar-refractivity contribution is 9.10. The number of terminal acetylenes is 1. The third-order valence-corrected chi connectivity index (χ3v) is 3.42. The highest BCUT2D eigenvalue weighted by atomic mass is 79.9. The molecule has 0 atom stereocenters. The predicted molar refractivity (Wildman–Crippen MR) is 86.2 cm³/mol. The number of halogens is 1. The highest BCUT2D eigenvalue weighted by Crippen LogP contribution is 2.36. The average Bonchev–Trinajstić information content (AvgIpc) is 2.43. The van der Waals surface area contributed by atoms with Crippen molar-refractivity contribution in [2.75, 3.05) is 13.7 Å². The van der Waals surface area contributed by atoms with Gasteiger partial charge in [0.2, 0.25) is 0 Å². The van der Waals surface area contributed by atoms with Crippen LogP contribution in [0, 0.1) is 12.3 Å². The van der Waals surface area contributed by atoms with E-state index in [0.29, 0.717) is 13.2 Å². The number of hydrogen-bond acceptors (Lipinski definition) is 3. The molecule has 1 aromatic carbocycles. The number of benzene rings is 1. The van der Waals surface area contributed by atoms with Gasteiger partial charge in [-0.05, 0) is 53.9 Å². The zero-order chi connectivity index (χ0) is 15.2. The van der Waals surface area contributed by atoms with Crippen molar-refractivity contribution in [1.82, 2.24) is 5.32 Å². The van der Waals surface area contributed by atoms with Gasteiger partial charge in [-0.25, -0.2) is 0 Å². The van der Waals surface area contributed by atoms with E-state index < -0.39 is 0 Å². The van der Waals surface area contributed by atoms with Gasteiger partial charge in [0, 0.05) is 6.54 Å². The molecule has 0 aromatic heterocycles. The van der Waals surface area contributed by atoms with Gasteiger partial charge < -0.3 is 9.47 Å². The Balaban J connectivity index is 2.90. The molecule has 0 amide bonds. The lowest BCUT2D eigenvalue weighted by Gasteiger charge is -2.20. The molecule has 0 spiro atoms. The van der Waals surface area contributed by atoms with Gasteiger partial charge in [0.25, 0.3) is 0 Å². The van der Waals surface area contributed by atoms with E-state index in [9.17, 15) is 0 Å². The summed E-state index contributed by atoms with van der Waals surface area (Å²) < 4.78 is 12.0. The summed E-state index contributed by atoms with van der Waals surface area (Å²) in [5.74, 6) is 4.19. The minimum atomic E-state index is -0.336. The van der Waals surface area contributed by atoms with Crippen LogP contribution in [0.15, 0.2) is 16.6 Å². The van der Waals surface area contributed by atoms with E-state index in [1.165, 1.54) is 0 Å². The molecule has 0 aliphatic carbocycles. The van der Waals surface area contributed by atoms with E-state index in [-0.39, 0.29) is 5.54 Å². The molecule has 4 heteroatoms. The van der Waals surface area contributed by atoms with E-state index in [1.807, 2.05) is 26.0 Å². The Kier molecular flexibility index (Phi) is 6.38. The van der Waals surface area contributed by atoms with E-state index in [2.05, 4.69) is 34.1 Å². The predicted octanol–water partition coefficient (Wildman–Crippen LogP) is 3.75. The van der Waals surface area contributed by atoms with Gasteiger partial charge >= 0.3 is 0 Å². The van der Waals surface area contributed by atoms with Gasteiger partial charge in [0.15, 0.2) is 11.5 Å². The summed E-state index contributed by atoms with van der Waals surface area (Å²) in [7, 11) is 1.64. The van der Waals surface area contributed by atoms with Gasteiger partial charge in [0.1, 0.15) is 0 Å². The molecule has 0 fully saturated rings. The summed E-state index contributed by atoms with van der Waals surface area (Å²) in [5, 5.41) is 3.31. The fraction of sp³-hybridized carbons (Fsp3) is 0.500. The number of methoxy groups -OCH3 is 1. The quantitative estimate of drug-likeness (QED) is 0.767. The second-order valence-corrected chi connectivity index (χ2v) is 5.93. The molecule has 0 unspecified atom stereocenters. The van der Waals surface area contributed by atoms with E-state index in [1.54, 1.807) is 7.11 Å². The molecule has 1 aromatic rings. The van der Waals surface area contributed by atoms with Crippen molar-refractivity contribution >= 4 is 15.9 Å². The molecular weight excluding hydrogens is 318 g/mol. The van der Waals surface area contributed by atoms with Crippen LogP contribution in [0.3, 0.4) is 0 Å². The summed E-state index contributed by atoms with van der Waals surface area (Å²) >= 11 is 3.53. The lowest BCUT2D eigenvalue weighted by atomic mass is 10.1. The van der Waals surface area contributed by atoms with Gasteiger partial charge in [-0.15, -0.1) is 6.42 Å². The summed E-state index contributed by atoms with van der Waals surface area (Å²) in [5.41, 5.74) is 0.748. The monoisotopic (exact) mass is 339 g/mol. The largest absolute Gasteiger partial charge is 0.493 e. The van der Waals surface area contributed by atoms with Crippen LogP contribution >= 0.6 is 15.9 Å². The topological polar surface area (TPSA) is 30.5 Å². The van der Waals surface area contributed by atoms with Crippen molar-refractivity contribution in [3.05, 3.63) is 22.2 Å². The van der Waals surface area contributed by atoms with E-state index in [4.69, 9.17) is 15.9 Å². The second kappa shape index (κ2) is 7.56. The van der Waals surface area contributed by atoms with Crippen LogP contribution in [0.2, 0.25) is 0 Å². The highest BCUT2D eigenvalue weighted by Gasteiger charge is 2.15. The van der Waals surface area contributed by atoms with Crippen LogP contribution in [-0.2, 0) is 6.54 Å². The lowest BCUT2D eigenvalue weighted by Crippen LogP contribution is -2.36.